The number of ether oxygens (including phenoxy) is 3. The molecule has 2 aromatic rings. The van der Waals surface area contributed by atoms with Gasteiger partial charge in [-0.05, 0) is 62.3 Å². The van der Waals surface area contributed by atoms with Crippen LogP contribution in [0.4, 0.5) is 5.00 Å². The topological polar surface area (TPSA) is 73.9 Å². The molecule has 1 atom stereocenters. The fraction of sp³-hybridized carbons (Fsp3) is 0.478. The smallest absolute Gasteiger partial charge is 0.341 e. The summed E-state index contributed by atoms with van der Waals surface area (Å²) in [6, 6.07) is 5.39. The van der Waals surface area contributed by atoms with Gasteiger partial charge in [-0.3, -0.25) is 4.79 Å². The molecule has 0 spiro atoms. The molecule has 1 aromatic heterocycles. The van der Waals surface area contributed by atoms with Gasteiger partial charge in [-0.1, -0.05) is 13.0 Å². The maximum Gasteiger partial charge on any atom is 0.341 e. The number of hydrogen-bond donors (Lipinski definition) is 1. The van der Waals surface area contributed by atoms with Crippen LogP contribution in [0.2, 0.25) is 0 Å². The Hall–Kier alpha value is -2.54. The Morgan fingerprint density at radius 2 is 1.93 bits per heavy atom. The van der Waals surface area contributed by atoms with E-state index in [-0.39, 0.29) is 24.4 Å². The lowest BCUT2D eigenvalue weighted by Gasteiger charge is -2.18. The summed E-state index contributed by atoms with van der Waals surface area (Å²) in [6.45, 7) is 5.87. The Labute approximate surface area is 181 Å². The van der Waals surface area contributed by atoms with E-state index in [1.54, 1.807) is 26.4 Å². The molecule has 0 fully saturated rings. The van der Waals surface area contributed by atoms with Crippen LogP contribution in [0.3, 0.4) is 0 Å². The SMILES string of the molecule is COc1ccc(CC(=O)Nc2sc3c(c2C(=O)OC(C)C)CC[C@H](C)C3)cc1OC. The monoisotopic (exact) mass is 431 g/mol. The molecule has 1 N–H and O–H groups in total. The molecule has 1 aromatic carbocycles. The van der Waals surface area contributed by atoms with Gasteiger partial charge in [-0.25, -0.2) is 4.79 Å². The largest absolute Gasteiger partial charge is 0.493 e. The van der Waals surface area contributed by atoms with Crippen molar-refractivity contribution in [1.29, 1.82) is 0 Å². The van der Waals surface area contributed by atoms with Crippen molar-refractivity contribution in [3.05, 3.63) is 39.8 Å². The molecule has 3 rings (SSSR count). The predicted molar refractivity (Wildman–Crippen MR) is 118 cm³/mol. The van der Waals surface area contributed by atoms with Crippen molar-refractivity contribution in [2.24, 2.45) is 5.92 Å². The third-order valence-electron chi connectivity index (χ3n) is 5.12. The predicted octanol–water partition coefficient (Wildman–Crippen LogP) is 4.64. The number of benzene rings is 1. The molecule has 162 valence electrons. The second kappa shape index (κ2) is 9.51. The summed E-state index contributed by atoms with van der Waals surface area (Å²) in [7, 11) is 3.13. The van der Waals surface area contributed by atoms with E-state index in [1.165, 1.54) is 16.2 Å². The van der Waals surface area contributed by atoms with Gasteiger partial charge in [0.25, 0.3) is 0 Å². The molecular formula is C23H29NO5S. The Morgan fingerprint density at radius 3 is 2.60 bits per heavy atom. The fourth-order valence-electron chi connectivity index (χ4n) is 3.67. The lowest BCUT2D eigenvalue weighted by molar-refractivity contribution is -0.115. The normalized spacial score (nSPS) is 15.5. The van der Waals surface area contributed by atoms with Crippen molar-refractivity contribution >= 4 is 28.2 Å². The highest BCUT2D eigenvalue weighted by Gasteiger charge is 2.29. The first-order chi connectivity index (χ1) is 14.3. The number of thiophene rings is 1. The van der Waals surface area contributed by atoms with Crippen LogP contribution in [0.5, 0.6) is 11.5 Å². The molecule has 0 saturated carbocycles. The van der Waals surface area contributed by atoms with E-state index >= 15 is 0 Å². The molecule has 6 nitrogen and oxygen atoms in total. The van der Waals surface area contributed by atoms with Crippen molar-refractivity contribution in [2.45, 2.75) is 52.6 Å². The highest BCUT2D eigenvalue weighted by molar-refractivity contribution is 7.17. The molecule has 1 aliphatic carbocycles. The van der Waals surface area contributed by atoms with E-state index in [2.05, 4.69) is 12.2 Å². The molecule has 30 heavy (non-hydrogen) atoms. The van der Waals surface area contributed by atoms with Crippen molar-refractivity contribution in [3.8, 4) is 11.5 Å². The molecule has 0 radical (unpaired) electrons. The summed E-state index contributed by atoms with van der Waals surface area (Å²) < 4.78 is 16.0. The lowest BCUT2D eigenvalue weighted by atomic mass is 9.88. The van der Waals surface area contributed by atoms with E-state index in [0.717, 1.165) is 30.4 Å². The highest BCUT2D eigenvalue weighted by Crippen LogP contribution is 2.40. The van der Waals surface area contributed by atoms with Gasteiger partial charge in [-0.2, -0.15) is 0 Å². The number of esters is 1. The lowest BCUT2D eigenvalue weighted by Crippen LogP contribution is -2.19. The van der Waals surface area contributed by atoms with Crippen molar-refractivity contribution in [3.63, 3.8) is 0 Å². The summed E-state index contributed by atoms with van der Waals surface area (Å²) in [5.41, 5.74) is 2.35. The van der Waals surface area contributed by atoms with Crippen LogP contribution < -0.4 is 14.8 Å². The van der Waals surface area contributed by atoms with Crippen LogP contribution in [0.15, 0.2) is 18.2 Å². The number of methoxy groups -OCH3 is 2. The van der Waals surface area contributed by atoms with Crippen LogP contribution in [-0.4, -0.2) is 32.2 Å². The second-order valence-corrected chi connectivity index (χ2v) is 9.03. The standard InChI is InChI=1S/C23H29NO5S/c1-13(2)29-23(26)21-16-8-6-14(3)10-19(16)30-22(21)24-20(25)12-15-7-9-17(27-4)18(11-15)28-5/h7,9,11,13-14H,6,8,10,12H2,1-5H3,(H,24,25)/t14-/m0/s1. The number of rotatable bonds is 7. The highest BCUT2D eigenvalue weighted by atomic mass is 32.1. The van der Waals surface area contributed by atoms with Crippen LogP contribution in [0.25, 0.3) is 0 Å². The first-order valence-corrected chi connectivity index (χ1v) is 11.0. The maximum atomic E-state index is 12.8. The minimum atomic E-state index is -0.363. The van der Waals surface area contributed by atoms with Gasteiger partial charge in [0.1, 0.15) is 5.00 Å². The van der Waals surface area contributed by atoms with Gasteiger partial charge >= 0.3 is 5.97 Å². The Balaban J connectivity index is 1.83. The van der Waals surface area contributed by atoms with Crippen LogP contribution in [0.1, 0.15) is 53.6 Å². The van der Waals surface area contributed by atoms with Crippen LogP contribution in [-0.2, 0) is 28.8 Å². The maximum absolute atomic E-state index is 12.8. The zero-order chi connectivity index (χ0) is 21.8. The number of fused-ring (bicyclic) bond motifs is 1. The van der Waals surface area contributed by atoms with Gasteiger partial charge in [0.2, 0.25) is 5.91 Å². The summed E-state index contributed by atoms with van der Waals surface area (Å²) in [4.78, 5) is 26.7. The average Bonchev–Trinajstić information content (AvgIpc) is 3.03. The van der Waals surface area contributed by atoms with E-state index in [0.29, 0.717) is 28.0 Å². The van der Waals surface area contributed by atoms with Crippen molar-refractivity contribution in [2.75, 3.05) is 19.5 Å². The quantitative estimate of drug-likeness (QED) is 0.647. The van der Waals surface area contributed by atoms with E-state index < -0.39 is 0 Å². The minimum Gasteiger partial charge on any atom is -0.493 e. The summed E-state index contributed by atoms with van der Waals surface area (Å²) >= 11 is 1.50. The molecule has 7 heteroatoms. The number of carbonyl (C=O) groups is 2. The Kier molecular flexibility index (Phi) is 7.02. The van der Waals surface area contributed by atoms with E-state index in [1.807, 2.05) is 19.9 Å². The summed E-state index contributed by atoms with van der Waals surface area (Å²) in [5.74, 6) is 1.20. The third kappa shape index (κ3) is 4.95. The van der Waals surface area contributed by atoms with Gasteiger partial charge in [0.15, 0.2) is 11.5 Å². The number of amides is 1. The average molecular weight is 432 g/mol. The second-order valence-electron chi connectivity index (χ2n) is 7.92. The van der Waals surface area contributed by atoms with E-state index in [9.17, 15) is 9.59 Å². The van der Waals surface area contributed by atoms with Gasteiger partial charge in [0, 0.05) is 4.88 Å². The number of hydrogen-bond acceptors (Lipinski definition) is 6. The third-order valence-corrected chi connectivity index (χ3v) is 6.29. The van der Waals surface area contributed by atoms with E-state index in [4.69, 9.17) is 14.2 Å². The van der Waals surface area contributed by atoms with Gasteiger partial charge < -0.3 is 19.5 Å². The van der Waals surface area contributed by atoms with Crippen LogP contribution >= 0.6 is 11.3 Å². The first-order valence-electron chi connectivity index (χ1n) is 10.2. The molecule has 1 aliphatic rings. The Morgan fingerprint density at radius 1 is 1.20 bits per heavy atom. The number of carbonyl (C=O) groups excluding carboxylic acids is 2. The molecule has 0 saturated heterocycles. The van der Waals surface area contributed by atoms with Crippen LogP contribution in [0, 0.1) is 5.92 Å². The minimum absolute atomic E-state index is 0.165. The molecule has 0 bridgehead atoms. The molecule has 1 amide bonds. The summed E-state index contributed by atoms with van der Waals surface area (Å²) in [6.07, 6.45) is 2.74. The zero-order valence-electron chi connectivity index (χ0n) is 18.2. The molecule has 0 unspecified atom stereocenters. The fourth-order valence-corrected chi connectivity index (χ4v) is 5.09. The van der Waals surface area contributed by atoms with Crippen molar-refractivity contribution in [1.82, 2.24) is 0 Å². The first kappa shape index (κ1) is 22.2. The molecular weight excluding hydrogens is 402 g/mol. The number of anilines is 1. The van der Waals surface area contributed by atoms with Gasteiger partial charge in [-0.15, -0.1) is 11.3 Å². The number of nitrogens with one attached hydrogen (secondary N) is 1. The summed E-state index contributed by atoms with van der Waals surface area (Å²) in [5, 5.41) is 3.55. The molecule has 0 aliphatic heterocycles. The Bertz CT molecular complexity index is 934. The zero-order valence-corrected chi connectivity index (χ0v) is 19.0. The van der Waals surface area contributed by atoms with Crippen molar-refractivity contribution < 1.29 is 23.8 Å². The molecule has 1 heterocycles. The van der Waals surface area contributed by atoms with Gasteiger partial charge in [0.05, 0.1) is 32.3 Å².